The van der Waals surface area contributed by atoms with Gasteiger partial charge in [-0.1, -0.05) is 0 Å². The Morgan fingerprint density at radius 3 is 2.45 bits per heavy atom. The van der Waals surface area contributed by atoms with E-state index >= 15 is 0 Å². The van der Waals surface area contributed by atoms with E-state index in [1.165, 1.54) is 24.2 Å². The molecule has 0 saturated carbocycles. The van der Waals surface area contributed by atoms with Crippen LogP contribution >= 0.6 is 27.3 Å². The summed E-state index contributed by atoms with van der Waals surface area (Å²) in [5, 5.41) is 3.55. The molecule has 0 aromatic carbocycles. The standard InChI is InChI=1S/C13H19BrN2O2S2/c1-8-5-12(19-13(8)14)20(17,18)16(2)11-6-9-3-4-10(7-11)15-9/h5,9-11,15H,3-4,6-7H2,1-2H3. The van der Waals surface area contributed by atoms with Crippen LogP contribution in [-0.4, -0.2) is 37.9 Å². The van der Waals surface area contributed by atoms with Crippen LogP contribution in [0.3, 0.4) is 0 Å². The summed E-state index contributed by atoms with van der Waals surface area (Å²) in [6, 6.07) is 2.87. The van der Waals surface area contributed by atoms with E-state index in [2.05, 4.69) is 21.2 Å². The van der Waals surface area contributed by atoms with Crippen LogP contribution in [0.5, 0.6) is 0 Å². The molecule has 0 spiro atoms. The van der Waals surface area contributed by atoms with Crippen LogP contribution in [0.15, 0.2) is 14.1 Å². The van der Waals surface area contributed by atoms with E-state index in [0.29, 0.717) is 16.3 Å². The van der Waals surface area contributed by atoms with Crippen LogP contribution < -0.4 is 5.32 Å². The van der Waals surface area contributed by atoms with E-state index in [4.69, 9.17) is 0 Å². The molecule has 1 aromatic heterocycles. The van der Waals surface area contributed by atoms with Crippen molar-refractivity contribution in [2.75, 3.05) is 7.05 Å². The van der Waals surface area contributed by atoms with Crippen molar-refractivity contribution in [1.82, 2.24) is 9.62 Å². The second kappa shape index (κ2) is 5.35. The van der Waals surface area contributed by atoms with Crippen molar-refractivity contribution in [3.05, 3.63) is 15.4 Å². The average molecular weight is 379 g/mol. The highest BCUT2D eigenvalue weighted by atomic mass is 79.9. The van der Waals surface area contributed by atoms with Crippen LogP contribution in [0.2, 0.25) is 0 Å². The van der Waals surface area contributed by atoms with Crippen molar-refractivity contribution in [2.24, 2.45) is 0 Å². The van der Waals surface area contributed by atoms with Crippen molar-refractivity contribution in [2.45, 2.75) is 54.9 Å². The number of nitrogens with zero attached hydrogens (tertiary/aromatic N) is 1. The minimum Gasteiger partial charge on any atom is -0.311 e. The third-order valence-corrected chi connectivity index (χ3v) is 8.93. The molecule has 7 heteroatoms. The summed E-state index contributed by atoms with van der Waals surface area (Å²) in [5.74, 6) is 0. The number of hydrogen-bond donors (Lipinski definition) is 1. The second-order valence-electron chi connectivity index (χ2n) is 5.81. The molecule has 3 rings (SSSR count). The number of halogens is 1. The van der Waals surface area contributed by atoms with Crippen LogP contribution in [0.1, 0.15) is 31.2 Å². The summed E-state index contributed by atoms with van der Waals surface area (Å²) in [6.07, 6.45) is 4.22. The fraction of sp³-hybridized carbons (Fsp3) is 0.692. The molecular formula is C13H19BrN2O2S2. The summed E-state index contributed by atoms with van der Waals surface area (Å²) < 4.78 is 28.4. The Morgan fingerprint density at radius 2 is 1.95 bits per heavy atom. The Kier molecular flexibility index (Phi) is 4.01. The summed E-state index contributed by atoms with van der Waals surface area (Å²) in [4.78, 5) is 0. The zero-order chi connectivity index (χ0) is 14.5. The van der Waals surface area contributed by atoms with Crippen molar-refractivity contribution >= 4 is 37.3 Å². The number of rotatable bonds is 3. The van der Waals surface area contributed by atoms with Gasteiger partial charge in [-0.2, -0.15) is 4.31 Å². The molecule has 0 radical (unpaired) electrons. The Morgan fingerprint density at radius 1 is 1.35 bits per heavy atom. The largest absolute Gasteiger partial charge is 0.311 e. The fourth-order valence-electron chi connectivity index (χ4n) is 3.22. The number of piperidine rings is 1. The quantitative estimate of drug-likeness (QED) is 0.879. The lowest BCUT2D eigenvalue weighted by atomic mass is 10.0. The van der Waals surface area contributed by atoms with E-state index in [9.17, 15) is 8.42 Å². The number of sulfonamides is 1. The number of thiophene rings is 1. The number of aryl methyl sites for hydroxylation is 1. The zero-order valence-electron chi connectivity index (χ0n) is 11.6. The molecule has 1 aromatic rings. The maximum absolute atomic E-state index is 12.7. The smallest absolute Gasteiger partial charge is 0.252 e. The molecule has 4 nitrogen and oxygen atoms in total. The van der Waals surface area contributed by atoms with Gasteiger partial charge in [-0.05, 0) is 60.2 Å². The van der Waals surface area contributed by atoms with Crippen molar-refractivity contribution in [3.63, 3.8) is 0 Å². The third kappa shape index (κ3) is 2.59. The van der Waals surface area contributed by atoms with Crippen LogP contribution in [0.25, 0.3) is 0 Å². The first-order valence-electron chi connectivity index (χ1n) is 6.88. The average Bonchev–Trinajstić information content (AvgIpc) is 2.92. The molecule has 2 aliphatic rings. The van der Waals surface area contributed by atoms with Gasteiger partial charge in [0.1, 0.15) is 4.21 Å². The van der Waals surface area contributed by atoms with Crippen LogP contribution in [0, 0.1) is 6.92 Å². The predicted molar refractivity (Wildman–Crippen MR) is 84.7 cm³/mol. The Labute approximate surface area is 132 Å². The molecule has 0 aliphatic carbocycles. The van der Waals surface area contributed by atoms with Crippen LogP contribution in [-0.2, 0) is 10.0 Å². The topological polar surface area (TPSA) is 49.4 Å². The number of nitrogens with one attached hydrogen (secondary N) is 1. The highest BCUT2D eigenvalue weighted by Crippen LogP contribution is 2.35. The summed E-state index contributed by atoms with van der Waals surface area (Å²) in [5.41, 5.74) is 0.979. The Balaban J connectivity index is 1.83. The highest BCUT2D eigenvalue weighted by Gasteiger charge is 2.39. The summed E-state index contributed by atoms with van der Waals surface area (Å²) in [7, 11) is -1.64. The van der Waals surface area contributed by atoms with Gasteiger partial charge in [0, 0.05) is 25.2 Å². The minimum atomic E-state index is -3.37. The SMILES string of the molecule is Cc1cc(S(=O)(=O)N(C)C2CC3CCC(C2)N3)sc1Br. The monoisotopic (exact) mass is 378 g/mol. The van der Waals surface area contributed by atoms with E-state index in [1.807, 2.05) is 6.92 Å². The molecule has 2 atom stereocenters. The second-order valence-corrected chi connectivity index (χ2v) is 10.4. The number of fused-ring (bicyclic) bond motifs is 2. The Hall–Kier alpha value is 0.0500. The molecule has 2 unspecified atom stereocenters. The minimum absolute atomic E-state index is 0.125. The Bertz CT molecular complexity index is 582. The third-order valence-electron chi connectivity index (χ3n) is 4.43. The fourth-order valence-corrected chi connectivity index (χ4v) is 7.01. The predicted octanol–water partition coefficient (Wildman–Crippen LogP) is 2.72. The lowest BCUT2D eigenvalue weighted by Gasteiger charge is -2.34. The zero-order valence-corrected chi connectivity index (χ0v) is 14.8. The first kappa shape index (κ1) is 15.0. The van der Waals surface area contributed by atoms with Gasteiger partial charge in [0.05, 0.1) is 3.79 Å². The molecule has 20 heavy (non-hydrogen) atoms. The molecule has 2 aliphatic heterocycles. The van der Waals surface area contributed by atoms with Gasteiger partial charge in [0.25, 0.3) is 10.0 Å². The van der Waals surface area contributed by atoms with E-state index < -0.39 is 10.0 Å². The van der Waals surface area contributed by atoms with Gasteiger partial charge in [0.15, 0.2) is 0 Å². The molecule has 2 fully saturated rings. The van der Waals surface area contributed by atoms with Crippen molar-refractivity contribution < 1.29 is 8.42 Å². The van der Waals surface area contributed by atoms with E-state index in [1.54, 1.807) is 17.4 Å². The summed E-state index contributed by atoms with van der Waals surface area (Å²) in [6.45, 7) is 1.92. The van der Waals surface area contributed by atoms with Gasteiger partial charge in [0.2, 0.25) is 0 Å². The maximum atomic E-state index is 12.7. The van der Waals surface area contributed by atoms with Crippen molar-refractivity contribution in [1.29, 1.82) is 0 Å². The molecule has 112 valence electrons. The maximum Gasteiger partial charge on any atom is 0.252 e. The van der Waals surface area contributed by atoms with Crippen LogP contribution in [0.4, 0.5) is 0 Å². The van der Waals surface area contributed by atoms with Crippen molar-refractivity contribution in [3.8, 4) is 0 Å². The van der Waals surface area contributed by atoms with Gasteiger partial charge >= 0.3 is 0 Å². The molecule has 3 heterocycles. The molecule has 2 saturated heterocycles. The first-order valence-corrected chi connectivity index (χ1v) is 9.93. The molecular weight excluding hydrogens is 360 g/mol. The first-order chi connectivity index (χ1) is 9.38. The lowest BCUT2D eigenvalue weighted by molar-refractivity contribution is 0.252. The normalized spacial score (nSPS) is 30.1. The van der Waals surface area contributed by atoms with Gasteiger partial charge in [-0.3, -0.25) is 0 Å². The van der Waals surface area contributed by atoms with Gasteiger partial charge in [-0.15, -0.1) is 11.3 Å². The van der Waals surface area contributed by atoms with Gasteiger partial charge in [-0.25, -0.2) is 8.42 Å². The number of hydrogen-bond acceptors (Lipinski definition) is 4. The summed E-state index contributed by atoms with van der Waals surface area (Å²) >= 11 is 4.71. The molecule has 1 N–H and O–H groups in total. The van der Waals surface area contributed by atoms with Gasteiger partial charge < -0.3 is 5.32 Å². The molecule has 0 amide bonds. The highest BCUT2D eigenvalue weighted by molar-refractivity contribution is 9.11. The van der Waals surface area contributed by atoms with E-state index in [0.717, 1.165) is 22.2 Å². The molecule has 2 bridgehead atoms. The van der Waals surface area contributed by atoms with E-state index in [-0.39, 0.29) is 6.04 Å². The lowest BCUT2D eigenvalue weighted by Crippen LogP contribution is -2.48.